The highest BCUT2D eigenvalue weighted by molar-refractivity contribution is 7.80. The van der Waals surface area contributed by atoms with Crippen LogP contribution in [0.2, 0.25) is 0 Å². The van der Waals surface area contributed by atoms with E-state index in [0.29, 0.717) is 5.41 Å². The average Bonchev–Trinajstić information content (AvgIpc) is 2.87. The van der Waals surface area contributed by atoms with Crippen molar-refractivity contribution in [3.05, 3.63) is 12.2 Å². The van der Waals surface area contributed by atoms with Gasteiger partial charge in [0.25, 0.3) is 0 Å². The molecule has 18 heavy (non-hydrogen) atoms. The summed E-state index contributed by atoms with van der Waals surface area (Å²) in [6, 6.07) is 0. The van der Waals surface area contributed by atoms with E-state index >= 15 is 0 Å². The summed E-state index contributed by atoms with van der Waals surface area (Å²) in [6.07, 6.45) is 4.08. The van der Waals surface area contributed by atoms with E-state index in [4.69, 9.17) is 4.74 Å². The van der Waals surface area contributed by atoms with Crippen LogP contribution in [0.5, 0.6) is 0 Å². The lowest BCUT2D eigenvalue weighted by molar-refractivity contribution is 0.00317. The van der Waals surface area contributed by atoms with Crippen molar-refractivity contribution in [1.82, 2.24) is 19.7 Å². The van der Waals surface area contributed by atoms with Gasteiger partial charge >= 0.3 is 0 Å². The topological polar surface area (TPSA) is 43.2 Å². The summed E-state index contributed by atoms with van der Waals surface area (Å²) in [4.78, 5) is 2.49. The Bertz CT molecular complexity index is 403. The fraction of sp³-hybridized carbons (Fsp3) is 0.833. The maximum Gasteiger partial charge on any atom is 0.147 e. The predicted octanol–water partition coefficient (Wildman–Crippen LogP) is 0.820. The number of aromatic nitrogens is 3. The van der Waals surface area contributed by atoms with Crippen LogP contribution in [0.25, 0.3) is 0 Å². The Morgan fingerprint density at radius 3 is 2.94 bits per heavy atom. The molecule has 2 aliphatic rings. The van der Waals surface area contributed by atoms with Gasteiger partial charge in [-0.25, -0.2) is 0 Å². The lowest BCUT2D eigenvalue weighted by Crippen LogP contribution is -2.45. The van der Waals surface area contributed by atoms with Crippen molar-refractivity contribution >= 4 is 12.6 Å². The first kappa shape index (κ1) is 12.4. The van der Waals surface area contributed by atoms with Crippen molar-refractivity contribution in [2.45, 2.75) is 25.9 Å². The summed E-state index contributed by atoms with van der Waals surface area (Å²) in [6.45, 7) is 5.86. The monoisotopic (exact) mass is 268 g/mol. The third-order valence-electron chi connectivity index (χ3n) is 4.17. The van der Waals surface area contributed by atoms with Crippen molar-refractivity contribution in [2.24, 2.45) is 5.41 Å². The van der Waals surface area contributed by atoms with Crippen LogP contribution in [0.3, 0.4) is 0 Å². The van der Waals surface area contributed by atoms with Crippen LogP contribution in [0, 0.1) is 5.41 Å². The second-order valence-electron chi connectivity index (χ2n) is 5.42. The van der Waals surface area contributed by atoms with E-state index in [9.17, 15) is 0 Å². The van der Waals surface area contributed by atoms with E-state index in [1.165, 1.54) is 0 Å². The van der Waals surface area contributed by atoms with Crippen LogP contribution < -0.4 is 0 Å². The summed E-state index contributed by atoms with van der Waals surface area (Å²) in [5.74, 6) is 2.03. The minimum atomic E-state index is 0.323. The highest BCUT2D eigenvalue weighted by atomic mass is 32.1. The van der Waals surface area contributed by atoms with Crippen molar-refractivity contribution in [3.63, 3.8) is 0 Å². The Balaban J connectivity index is 1.66. The number of thiol groups is 1. The molecule has 0 unspecified atom stereocenters. The molecule has 1 aromatic rings. The Morgan fingerprint density at radius 2 is 2.17 bits per heavy atom. The molecule has 0 aliphatic carbocycles. The molecule has 2 aliphatic heterocycles. The van der Waals surface area contributed by atoms with Gasteiger partial charge in [-0.05, 0) is 24.0 Å². The molecule has 0 spiro atoms. The maximum absolute atomic E-state index is 5.48. The summed E-state index contributed by atoms with van der Waals surface area (Å²) < 4.78 is 7.63. The van der Waals surface area contributed by atoms with Gasteiger partial charge in [0.05, 0.1) is 6.54 Å². The number of nitrogens with zero attached hydrogens (tertiary/aromatic N) is 4. The fourth-order valence-electron chi connectivity index (χ4n) is 2.90. The van der Waals surface area contributed by atoms with Crippen LogP contribution in [0.15, 0.2) is 6.33 Å². The molecule has 1 aromatic heterocycles. The van der Waals surface area contributed by atoms with Gasteiger partial charge < -0.3 is 9.30 Å². The quantitative estimate of drug-likeness (QED) is 0.824. The van der Waals surface area contributed by atoms with E-state index in [2.05, 4.69) is 32.3 Å². The van der Waals surface area contributed by atoms with Gasteiger partial charge in [-0.1, -0.05) is 0 Å². The zero-order chi connectivity index (χ0) is 12.4. The van der Waals surface area contributed by atoms with Gasteiger partial charge in [0, 0.05) is 32.8 Å². The largest absolute Gasteiger partial charge is 0.381 e. The molecule has 3 rings (SSSR count). The smallest absolute Gasteiger partial charge is 0.147 e. The minimum absolute atomic E-state index is 0.323. The number of rotatable bonds is 3. The van der Waals surface area contributed by atoms with E-state index < -0.39 is 0 Å². The van der Waals surface area contributed by atoms with Crippen LogP contribution in [-0.4, -0.2) is 51.7 Å². The molecular weight excluding hydrogens is 248 g/mol. The Morgan fingerprint density at radius 1 is 1.33 bits per heavy atom. The van der Waals surface area contributed by atoms with E-state index in [0.717, 1.165) is 63.8 Å². The lowest BCUT2D eigenvalue weighted by atomic mass is 9.81. The molecular formula is C12H20N4OS. The van der Waals surface area contributed by atoms with E-state index in [-0.39, 0.29) is 0 Å². The third-order valence-corrected chi connectivity index (χ3v) is 4.84. The van der Waals surface area contributed by atoms with Crippen molar-refractivity contribution in [2.75, 3.05) is 32.1 Å². The van der Waals surface area contributed by atoms with Gasteiger partial charge in [-0.15, -0.1) is 10.2 Å². The predicted molar refractivity (Wildman–Crippen MR) is 71.6 cm³/mol. The van der Waals surface area contributed by atoms with Gasteiger partial charge in [0.2, 0.25) is 0 Å². The number of hydrogen-bond acceptors (Lipinski definition) is 5. The zero-order valence-corrected chi connectivity index (χ0v) is 11.5. The second-order valence-corrected chi connectivity index (χ2v) is 5.74. The lowest BCUT2D eigenvalue weighted by Gasteiger charge is -2.41. The molecule has 3 heterocycles. The molecule has 0 atom stereocenters. The zero-order valence-electron chi connectivity index (χ0n) is 10.6. The first-order chi connectivity index (χ1) is 8.81. The minimum Gasteiger partial charge on any atom is -0.381 e. The molecule has 0 amide bonds. The molecule has 0 bridgehead atoms. The SMILES string of the molecule is SCC1(CN2CCn3cnnc3C2)CCOCC1. The number of ether oxygens (including phenoxy) is 1. The Kier molecular flexibility index (Phi) is 3.59. The average molecular weight is 268 g/mol. The van der Waals surface area contributed by atoms with Crippen molar-refractivity contribution in [1.29, 1.82) is 0 Å². The molecule has 0 aromatic carbocycles. The van der Waals surface area contributed by atoms with Gasteiger partial charge in [-0.3, -0.25) is 4.90 Å². The molecule has 0 saturated carbocycles. The molecule has 0 N–H and O–H groups in total. The second kappa shape index (κ2) is 5.19. The first-order valence-electron chi connectivity index (χ1n) is 6.59. The van der Waals surface area contributed by atoms with E-state index in [1.54, 1.807) is 0 Å². The molecule has 0 radical (unpaired) electrons. The van der Waals surface area contributed by atoms with Crippen LogP contribution in [0.1, 0.15) is 18.7 Å². The number of fused-ring (bicyclic) bond motifs is 1. The Labute approximate surface area is 113 Å². The van der Waals surface area contributed by atoms with Gasteiger partial charge in [0.15, 0.2) is 0 Å². The summed E-state index contributed by atoms with van der Waals surface area (Å²) >= 11 is 4.58. The number of hydrogen-bond donors (Lipinski definition) is 1. The van der Waals surface area contributed by atoms with Crippen molar-refractivity contribution in [3.8, 4) is 0 Å². The standard InChI is InChI=1S/C12H20N4OS/c18-9-12(1-5-17-6-2-12)8-15-3-4-16-10-13-14-11(16)7-15/h10,18H,1-9H2. The van der Waals surface area contributed by atoms with Crippen LogP contribution >= 0.6 is 12.6 Å². The fourth-order valence-corrected chi connectivity index (χ4v) is 3.31. The summed E-state index contributed by atoms with van der Waals surface area (Å²) in [5.41, 5.74) is 0.323. The summed E-state index contributed by atoms with van der Waals surface area (Å²) in [7, 11) is 0. The maximum atomic E-state index is 5.48. The molecule has 1 saturated heterocycles. The molecule has 1 fully saturated rings. The highest BCUT2D eigenvalue weighted by Crippen LogP contribution is 2.33. The van der Waals surface area contributed by atoms with Gasteiger partial charge in [-0.2, -0.15) is 12.6 Å². The summed E-state index contributed by atoms with van der Waals surface area (Å²) in [5, 5.41) is 8.15. The molecule has 6 heteroatoms. The normalized spacial score (nSPS) is 23.8. The van der Waals surface area contributed by atoms with E-state index in [1.807, 2.05) is 6.33 Å². The Hall–Kier alpha value is -0.590. The highest BCUT2D eigenvalue weighted by Gasteiger charge is 2.34. The van der Waals surface area contributed by atoms with Crippen LogP contribution in [-0.2, 0) is 17.8 Å². The molecule has 5 nitrogen and oxygen atoms in total. The third kappa shape index (κ3) is 2.41. The van der Waals surface area contributed by atoms with Crippen LogP contribution in [0.4, 0.5) is 0 Å². The van der Waals surface area contributed by atoms with Gasteiger partial charge in [0.1, 0.15) is 12.2 Å². The molecule has 100 valence electrons. The van der Waals surface area contributed by atoms with Crippen molar-refractivity contribution < 1.29 is 4.74 Å². The first-order valence-corrected chi connectivity index (χ1v) is 7.22.